The Labute approximate surface area is 166 Å². The molecule has 0 heterocycles. The highest BCUT2D eigenvalue weighted by molar-refractivity contribution is 5.88. The predicted molar refractivity (Wildman–Crippen MR) is 87.5 cm³/mol. The third kappa shape index (κ3) is 16.4. The molecule has 0 aliphatic carbocycles. The number of rotatable bonds is 10. The Hall–Kier alpha value is -3.79. The Bertz CT molecular complexity index is 589. The zero-order chi connectivity index (χ0) is 24.9. The van der Waals surface area contributed by atoms with Crippen molar-refractivity contribution >= 4 is 41.8 Å². The van der Waals surface area contributed by atoms with Gasteiger partial charge in [-0.05, 0) is 0 Å². The van der Waals surface area contributed by atoms with E-state index in [1.54, 1.807) is 0 Å². The maximum Gasteiger partial charge on any atom is 0.336 e. The minimum Gasteiger partial charge on any atom is -0.481 e. The lowest BCUT2D eigenvalue weighted by Crippen LogP contribution is -2.42. The molecule has 0 saturated heterocycles. The summed E-state index contributed by atoms with van der Waals surface area (Å²) in [6.07, 6.45) is -4.58. The molecule has 172 valence electrons. The molecule has 0 unspecified atom stereocenters. The van der Waals surface area contributed by atoms with Crippen molar-refractivity contribution in [2.75, 3.05) is 0 Å². The lowest BCUT2D eigenvalue weighted by molar-refractivity contribution is -0.170. The van der Waals surface area contributed by atoms with E-state index in [1.165, 1.54) is 0 Å². The number of hydrogen-bond acceptors (Lipinski definition) is 9. The fourth-order valence-corrected chi connectivity index (χ4v) is 1.43. The summed E-state index contributed by atoms with van der Waals surface area (Å²) in [5, 5.41) is 75.0. The van der Waals surface area contributed by atoms with Gasteiger partial charge in [-0.3, -0.25) is 24.0 Å². The van der Waals surface area contributed by atoms with E-state index >= 15 is 0 Å². The molecule has 0 aromatic rings. The molecule has 0 fully saturated rings. The van der Waals surface area contributed by atoms with Crippen LogP contribution >= 0.6 is 0 Å². The van der Waals surface area contributed by atoms with E-state index in [4.69, 9.17) is 50.8 Å². The number of carboxylic acids is 7. The van der Waals surface area contributed by atoms with Crippen LogP contribution in [0.25, 0.3) is 0 Å². The van der Waals surface area contributed by atoms with Crippen LogP contribution in [0.2, 0.25) is 0 Å². The van der Waals surface area contributed by atoms with Crippen molar-refractivity contribution in [2.24, 2.45) is 0 Å². The normalized spacial score (nSPS) is 10.2. The lowest BCUT2D eigenvalue weighted by atomic mass is 9.96. The van der Waals surface area contributed by atoms with Crippen LogP contribution in [0, 0.1) is 0 Å². The standard InChI is InChI=1S/2C6H8O7.C2H4O2/c2*7-3(8)1-6(13,5(11)12)2-4(9)10;1-2(3)4/h2*13H,1-2H2,(H,7,8)(H,9,10)(H,11,12);1H3,(H,3,4). The number of hydrogen-bond donors (Lipinski definition) is 9. The van der Waals surface area contributed by atoms with Crippen molar-refractivity contribution in [3.8, 4) is 0 Å². The van der Waals surface area contributed by atoms with Crippen LogP contribution < -0.4 is 0 Å². The Morgan fingerprint density at radius 3 is 0.700 bits per heavy atom. The van der Waals surface area contributed by atoms with E-state index in [0.717, 1.165) is 6.92 Å². The molecule has 0 saturated carbocycles. The summed E-state index contributed by atoms with van der Waals surface area (Å²) in [6.45, 7) is 1.08. The maximum atomic E-state index is 10.3. The molecule has 0 bridgehead atoms. The third-order valence-corrected chi connectivity index (χ3v) is 2.57. The van der Waals surface area contributed by atoms with Crippen LogP contribution in [-0.4, -0.2) is 98.9 Å². The summed E-state index contributed by atoms with van der Waals surface area (Å²) in [5.74, 6) is -10.9. The molecule has 16 heteroatoms. The van der Waals surface area contributed by atoms with Gasteiger partial charge in [0.25, 0.3) is 5.97 Å². The van der Waals surface area contributed by atoms with E-state index in [9.17, 15) is 28.8 Å². The van der Waals surface area contributed by atoms with Gasteiger partial charge >= 0.3 is 35.8 Å². The maximum absolute atomic E-state index is 10.3. The first-order valence-corrected chi connectivity index (χ1v) is 7.27. The fourth-order valence-electron chi connectivity index (χ4n) is 1.43. The first kappa shape index (κ1) is 30.9. The van der Waals surface area contributed by atoms with E-state index < -0.39 is 78.7 Å². The van der Waals surface area contributed by atoms with Gasteiger partial charge in [-0.1, -0.05) is 0 Å². The second-order valence-corrected chi connectivity index (χ2v) is 5.47. The molecule has 16 nitrogen and oxygen atoms in total. The smallest absolute Gasteiger partial charge is 0.336 e. The molecule has 0 aliphatic heterocycles. The second kappa shape index (κ2) is 13.4. The van der Waals surface area contributed by atoms with Crippen molar-refractivity contribution in [3.63, 3.8) is 0 Å². The molecule has 9 N–H and O–H groups in total. The Morgan fingerprint density at radius 1 is 0.500 bits per heavy atom. The minimum atomic E-state index is -2.74. The zero-order valence-electron chi connectivity index (χ0n) is 15.2. The number of aliphatic carboxylic acids is 7. The number of carboxylic acid groups (broad SMARTS) is 7. The van der Waals surface area contributed by atoms with Gasteiger partial charge in [-0.15, -0.1) is 0 Å². The van der Waals surface area contributed by atoms with Crippen molar-refractivity contribution in [2.45, 2.75) is 43.8 Å². The number of carbonyl (C=O) groups is 7. The summed E-state index contributed by atoms with van der Waals surface area (Å²) in [6, 6.07) is 0. The van der Waals surface area contributed by atoms with Crippen LogP contribution in [-0.2, 0) is 33.6 Å². The van der Waals surface area contributed by atoms with Crippen molar-refractivity contribution in [1.82, 2.24) is 0 Å². The average Bonchev–Trinajstić information content (AvgIpc) is 2.43. The van der Waals surface area contributed by atoms with Gasteiger partial charge in [0.2, 0.25) is 0 Å². The van der Waals surface area contributed by atoms with E-state index in [-0.39, 0.29) is 0 Å². The highest BCUT2D eigenvalue weighted by Gasteiger charge is 2.41. The summed E-state index contributed by atoms with van der Waals surface area (Å²) in [7, 11) is 0. The topological polar surface area (TPSA) is 302 Å². The summed E-state index contributed by atoms with van der Waals surface area (Å²) in [5.41, 5.74) is -5.48. The molecule has 0 amide bonds. The average molecular weight is 444 g/mol. The summed E-state index contributed by atoms with van der Waals surface area (Å²) < 4.78 is 0. The molecule has 0 aromatic carbocycles. The molecule has 0 spiro atoms. The quantitative estimate of drug-likeness (QED) is 0.169. The van der Waals surface area contributed by atoms with Crippen molar-refractivity contribution in [3.05, 3.63) is 0 Å². The molecule has 0 aromatic heterocycles. The third-order valence-electron chi connectivity index (χ3n) is 2.57. The zero-order valence-corrected chi connectivity index (χ0v) is 15.2. The molecular formula is C14H20O16. The van der Waals surface area contributed by atoms with Crippen molar-refractivity contribution in [1.29, 1.82) is 0 Å². The Morgan fingerprint density at radius 2 is 0.633 bits per heavy atom. The van der Waals surface area contributed by atoms with Crippen LogP contribution in [0.4, 0.5) is 0 Å². The van der Waals surface area contributed by atoms with Crippen LogP contribution in [0.1, 0.15) is 32.6 Å². The van der Waals surface area contributed by atoms with Crippen molar-refractivity contribution < 1.29 is 79.5 Å². The summed E-state index contributed by atoms with van der Waals surface area (Å²) in [4.78, 5) is 70.0. The Balaban J connectivity index is -0.000000412. The van der Waals surface area contributed by atoms with E-state index in [0.29, 0.717) is 0 Å². The van der Waals surface area contributed by atoms with Gasteiger partial charge in [-0.2, -0.15) is 0 Å². The molecule has 0 atom stereocenters. The molecule has 30 heavy (non-hydrogen) atoms. The molecular weight excluding hydrogens is 424 g/mol. The van der Waals surface area contributed by atoms with Crippen LogP contribution in [0.15, 0.2) is 0 Å². The van der Waals surface area contributed by atoms with Gasteiger partial charge in [0.05, 0.1) is 25.7 Å². The van der Waals surface area contributed by atoms with Gasteiger partial charge in [0.15, 0.2) is 11.2 Å². The monoisotopic (exact) mass is 444 g/mol. The second-order valence-electron chi connectivity index (χ2n) is 5.47. The van der Waals surface area contributed by atoms with Gasteiger partial charge < -0.3 is 46.0 Å². The largest absolute Gasteiger partial charge is 0.481 e. The fraction of sp³-hybridized carbons (Fsp3) is 0.500. The van der Waals surface area contributed by atoms with Gasteiger partial charge in [0, 0.05) is 6.92 Å². The number of aliphatic hydroxyl groups is 2. The predicted octanol–water partition coefficient (Wildman–Crippen LogP) is -2.41. The van der Waals surface area contributed by atoms with Gasteiger partial charge in [-0.25, -0.2) is 9.59 Å². The lowest BCUT2D eigenvalue weighted by Gasteiger charge is -2.18. The molecule has 0 rings (SSSR count). The minimum absolute atomic E-state index is 0.833. The summed E-state index contributed by atoms with van der Waals surface area (Å²) >= 11 is 0. The SMILES string of the molecule is CC(=O)O.O=C(O)CC(O)(CC(=O)O)C(=O)O.O=C(O)CC(O)(CC(=O)O)C(=O)O. The highest BCUT2D eigenvalue weighted by atomic mass is 16.4. The molecule has 0 aliphatic rings. The Kier molecular flexibility index (Phi) is 13.8. The van der Waals surface area contributed by atoms with Crippen LogP contribution in [0.3, 0.4) is 0 Å². The first-order valence-electron chi connectivity index (χ1n) is 7.27. The highest BCUT2D eigenvalue weighted by Crippen LogP contribution is 2.16. The van der Waals surface area contributed by atoms with Gasteiger partial charge in [0.1, 0.15) is 0 Å². The van der Waals surface area contributed by atoms with Crippen LogP contribution in [0.5, 0.6) is 0 Å². The molecule has 0 radical (unpaired) electrons. The van der Waals surface area contributed by atoms with E-state index in [2.05, 4.69) is 0 Å². The van der Waals surface area contributed by atoms with E-state index in [1.807, 2.05) is 0 Å². The first-order chi connectivity index (χ1) is 13.3.